The Morgan fingerprint density at radius 1 is 0.658 bits per heavy atom. The van der Waals surface area contributed by atoms with Gasteiger partial charge in [0, 0.05) is 7.11 Å². The van der Waals surface area contributed by atoms with Gasteiger partial charge in [0.1, 0.15) is 0 Å². The molecule has 0 fully saturated rings. The Hall–Kier alpha value is 0.274. The number of hydrogen-bond acceptors (Lipinski definition) is 4. The van der Waals surface area contributed by atoms with Crippen molar-refractivity contribution in [2.24, 2.45) is 5.92 Å². The molecule has 222 valence electrons. The van der Waals surface area contributed by atoms with E-state index in [4.69, 9.17) is 9.47 Å². The minimum absolute atomic E-state index is 0.0825. The third-order valence-electron chi connectivity index (χ3n) is 7.63. The van der Waals surface area contributed by atoms with Gasteiger partial charge in [-0.15, -0.1) is 0 Å². The zero-order chi connectivity index (χ0) is 27.9. The molecule has 0 heterocycles. The average molecular weight is 612 g/mol. The predicted octanol–water partition coefficient (Wildman–Crippen LogP) is 9.22. The van der Waals surface area contributed by atoms with Gasteiger partial charge >= 0.3 is 150 Å². The van der Waals surface area contributed by atoms with Gasteiger partial charge in [-0.2, -0.15) is 0 Å². The molecule has 0 aromatic rings. The first-order valence-electron chi connectivity index (χ1n) is 16.5. The van der Waals surface area contributed by atoms with Gasteiger partial charge in [0.2, 0.25) is 0 Å². The van der Waals surface area contributed by atoms with Crippen LogP contribution in [0.3, 0.4) is 0 Å². The fourth-order valence-corrected chi connectivity index (χ4v) is 5.63. The van der Waals surface area contributed by atoms with Crippen LogP contribution in [0.25, 0.3) is 0 Å². The molecule has 0 aromatic carbocycles. The van der Waals surface area contributed by atoms with Crippen molar-refractivity contribution in [3.8, 4) is 2.59 Å². The summed E-state index contributed by atoms with van der Waals surface area (Å²) in [7, 11) is 1.79. The van der Waals surface area contributed by atoms with Gasteiger partial charge in [0.25, 0.3) is 0 Å². The Balaban J connectivity index is 4.14. The van der Waals surface area contributed by atoms with Gasteiger partial charge in [0.15, 0.2) is 0 Å². The molecule has 38 heavy (non-hydrogen) atoms. The SMILES string of the molecule is CCCCCCCCC(CCCCCC)C(=O)OCCCCCCN(CCC[C]#[Y])CCCCCCOC. The standard InChI is InChI=1S/C33H64NO3.Y/c1-5-8-11-13-14-20-26-32(25-19-12-9-6-2)33(35)37-31-24-18-16-22-29-34(27-10-7-3)28-21-15-17-23-30-36-4;/h32H,5-31H2,1-2,4H3;. The van der Waals surface area contributed by atoms with Crippen LogP contribution in [0.15, 0.2) is 0 Å². The van der Waals surface area contributed by atoms with Crippen LogP contribution in [0.5, 0.6) is 0 Å². The molecular weight excluding hydrogens is 547 g/mol. The molecule has 0 amide bonds. The Bertz CT molecular complexity index is 537. The normalized spacial score (nSPS) is 12.2. The van der Waals surface area contributed by atoms with Gasteiger partial charge in [-0.3, -0.25) is 4.79 Å². The summed E-state index contributed by atoms with van der Waals surface area (Å²) in [5.74, 6) is 0.209. The summed E-state index contributed by atoms with van der Waals surface area (Å²) in [5.41, 5.74) is 0. The molecule has 0 N–H and O–H groups in total. The van der Waals surface area contributed by atoms with Crippen molar-refractivity contribution in [3.05, 3.63) is 0 Å². The van der Waals surface area contributed by atoms with E-state index in [-0.39, 0.29) is 11.9 Å². The summed E-state index contributed by atoms with van der Waals surface area (Å²) >= 11 is 1.15. The molecule has 1 unspecified atom stereocenters. The van der Waals surface area contributed by atoms with E-state index in [1.165, 1.54) is 135 Å². The first-order chi connectivity index (χ1) is 18.7. The number of rotatable bonds is 30. The molecule has 0 saturated carbocycles. The number of ether oxygens (including phenoxy) is 2. The Labute approximate surface area is 257 Å². The Kier molecular flexibility index (Phi) is 32.0. The van der Waals surface area contributed by atoms with Crippen molar-refractivity contribution >= 4 is 5.97 Å². The van der Waals surface area contributed by atoms with Crippen LogP contribution < -0.4 is 0 Å². The van der Waals surface area contributed by atoms with E-state index in [2.05, 4.69) is 21.3 Å². The summed E-state index contributed by atoms with van der Waals surface area (Å²) < 4.78 is 14.4. The molecule has 0 aliphatic rings. The number of hydrogen-bond donors (Lipinski definition) is 0. The van der Waals surface area contributed by atoms with Crippen molar-refractivity contribution < 1.29 is 44.5 Å². The van der Waals surface area contributed by atoms with E-state index < -0.39 is 0 Å². The first-order valence-corrected chi connectivity index (χ1v) is 17.9. The van der Waals surface area contributed by atoms with Crippen LogP contribution >= 0.6 is 0 Å². The van der Waals surface area contributed by atoms with Crippen LogP contribution in [0.2, 0.25) is 0 Å². The topological polar surface area (TPSA) is 38.8 Å². The maximum absolute atomic E-state index is 12.8. The minimum atomic E-state index is 0.0825. The van der Waals surface area contributed by atoms with E-state index in [0.717, 1.165) is 62.5 Å². The monoisotopic (exact) mass is 611 g/mol. The van der Waals surface area contributed by atoms with Gasteiger partial charge < -0.3 is 0 Å². The average Bonchev–Trinajstić information content (AvgIpc) is 2.92. The van der Waals surface area contributed by atoms with Crippen LogP contribution in [0.1, 0.15) is 155 Å². The molecule has 0 radical (unpaired) electrons. The van der Waals surface area contributed by atoms with Crippen LogP contribution in [0, 0.1) is 8.51 Å². The van der Waals surface area contributed by atoms with Gasteiger partial charge in [-0.1, -0.05) is 78.1 Å². The minimum Gasteiger partial charge on any atom is 0.0355 e. The van der Waals surface area contributed by atoms with E-state index in [9.17, 15) is 4.79 Å². The number of nitrogens with zero attached hydrogens (tertiary/aromatic N) is 1. The van der Waals surface area contributed by atoms with Crippen LogP contribution in [0.4, 0.5) is 0 Å². The number of methoxy groups -OCH3 is 1. The Morgan fingerprint density at radius 3 is 1.71 bits per heavy atom. The third-order valence-corrected chi connectivity index (χ3v) is 8.34. The predicted molar refractivity (Wildman–Crippen MR) is 160 cm³/mol. The Morgan fingerprint density at radius 2 is 1.13 bits per heavy atom. The van der Waals surface area contributed by atoms with Crippen molar-refractivity contribution in [1.29, 1.82) is 0 Å². The third kappa shape index (κ3) is 26.5. The molecule has 0 saturated heterocycles. The number of unbranched alkanes of at least 4 members (excludes halogenated alkanes) is 15. The summed E-state index contributed by atoms with van der Waals surface area (Å²) in [6.45, 7) is 9.65. The molecule has 4 nitrogen and oxygen atoms in total. The summed E-state index contributed by atoms with van der Waals surface area (Å²) in [5, 5.41) is 0. The fourth-order valence-electron chi connectivity index (χ4n) is 5.13. The first kappa shape index (κ1) is 38.3. The van der Waals surface area contributed by atoms with Gasteiger partial charge in [-0.05, 0) is 12.8 Å². The van der Waals surface area contributed by atoms with Gasteiger partial charge in [-0.25, -0.2) is 0 Å². The van der Waals surface area contributed by atoms with Crippen molar-refractivity contribution in [2.45, 2.75) is 155 Å². The molecule has 5 heteroatoms. The second-order valence-corrected chi connectivity index (χ2v) is 12.2. The quantitative estimate of drug-likeness (QED) is 0.0600. The summed E-state index contributed by atoms with van der Waals surface area (Å²) in [4.78, 5) is 15.5. The molecule has 1 atom stereocenters. The smallest absolute Gasteiger partial charge is 0.0355 e. The summed E-state index contributed by atoms with van der Waals surface area (Å²) in [6.07, 6.45) is 26.8. The molecule has 0 aliphatic carbocycles. The van der Waals surface area contributed by atoms with E-state index >= 15 is 0 Å². The van der Waals surface area contributed by atoms with Crippen molar-refractivity contribution in [3.63, 3.8) is 0 Å². The van der Waals surface area contributed by atoms with Gasteiger partial charge in [0.05, 0.1) is 5.92 Å². The molecule has 0 spiro atoms. The number of carbonyl (C=O) groups excluding carboxylic acids is 1. The fraction of sp³-hybridized carbons (Fsp3) is 0.939. The zero-order valence-electron chi connectivity index (χ0n) is 25.9. The molecule has 0 rings (SSSR count). The second-order valence-electron chi connectivity index (χ2n) is 11.2. The number of carbonyl (C=O) groups is 1. The van der Waals surface area contributed by atoms with E-state index in [0.29, 0.717) is 6.61 Å². The number of esters is 1. The van der Waals surface area contributed by atoms with E-state index in [1.807, 2.05) is 0 Å². The van der Waals surface area contributed by atoms with Crippen LogP contribution in [-0.4, -0.2) is 50.8 Å². The van der Waals surface area contributed by atoms with Crippen molar-refractivity contribution in [1.82, 2.24) is 4.90 Å². The zero-order valence-corrected chi connectivity index (χ0v) is 28.8. The van der Waals surface area contributed by atoms with Crippen molar-refractivity contribution in [2.75, 3.05) is 40.0 Å². The molecule has 0 bridgehead atoms. The van der Waals surface area contributed by atoms with Crippen LogP contribution in [-0.2, 0) is 44.5 Å². The molecule has 0 aromatic heterocycles. The second kappa shape index (κ2) is 31.8. The molecular formula is C33H64NO3Y. The molecule has 0 aliphatic heterocycles. The van der Waals surface area contributed by atoms with E-state index in [1.54, 1.807) is 7.11 Å². The summed E-state index contributed by atoms with van der Waals surface area (Å²) in [6, 6.07) is 0. The maximum atomic E-state index is 12.8.